The number of aromatic nitrogens is 3. The molecular formula is C8H6N4. The summed E-state index contributed by atoms with van der Waals surface area (Å²) in [5.74, 6) is 1.88. The largest absolute Gasteiger partial charge is 0.304 e. The van der Waals surface area contributed by atoms with Gasteiger partial charge in [0, 0.05) is 11.8 Å². The summed E-state index contributed by atoms with van der Waals surface area (Å²) in [7, 11) is 0. The van der Waals surface area contributed by atoms with Crippen LogP contribution in [0.4, 0.5) is 5.82 Å². The fourth-order valence-corrected chi connectivity index (χ4v) is 1.46. The quantitative estimate of drug-likeness (QED) is 0.576. The first-order chi connectivity index (χ1) is 5.95. The van der Waals surface area contributed by atoms with Crippen LogP contribution in [0.3, 0.4) is 0 Å². The number of pyridine rings is 1. The molecule has 0 aromatic rings. The highest BCUT2D eigenvalue weighted by molar-refractivity contribution is 5.71. The van der Waals surface area contributed by atoms with Crippen molar-refractivity contribution in [1.82, 2.24) is 14.8 Å². The Labute approximate surface area is 68.9 Å². The molecule has 0 aliphatic carbocycles. The smallest absolute Gasteiger partial charge is 0.166 e. The summed E-state index contributed by atoms with van der Waals surface area (Å²) in [6.07, 6.45) is 3.64. The Bertz CT molecular complexity index is 429. The molecule has 0 bridgehead atoms. The van der Waals surface area contributed by atoms with Crippen molar-refractivity contribution in [2.45, 2.75) is 6.54 Å². The van der Waals surface area contributed by atoms with E-state index in [0.717, 1.165) is 23.8 Å². The van der Waals surface area contributed by atoms with E-state index in [4.69, 9.17) is 0 Å². The van der Waals surface area contributed by atoms with Crippen LogP contribution in [0.1, 0.15) is 0 Å². The number of aliphatic imine (C=N–C) groups is 1. The predicted molar refractivity (Wildman–Crippen MR) is 44.8 cm³/mol. The van der Waals surface area contributed by atoms with E-state index >= 15 is 0 Å². The van der Waals surface area contributed by atoms with Crippen LogP contribution < -0.4 is 0 Å². The van der Waals surface area contributed by atoms with Crippen molar-refractivity contribution < 1.29 is 0 Å². The van der Waals surface area contributed by atoms with E-state index in [1.54, 1.807) is 6.20 Å². The third-order valence-corrected chi connectivity index (χ3v) is 2.04. The number of fused-ring (bicyclic) bond motifs is 3. The van der Waals surface area contributed by atoms with Gasteiger partial charge in [-0.05, 0) is 12.1 Å². The lowest BCUT2D eigenvalue weighted by atomic mass is 10.2. The topological polar surface area (TPSA) is 43.1 Å². The van der Waals surface area contributed by atoms with E-state index in [1.807, 2.05) is 22.9 Å². The Morgan fingerprint density at radius 1 is 1.33 bits per heavy atom. The van der Waals surface area contributed by atoms with Crippen LogP contribution in [0.2, 0.25) is 0 Å². The van der Waals surface area contributed by atoms with Gasteiger partial charge < -0.3 is 4.57 Å². The summed E-state index contributed by atoms with van der Waals surface area (Å²) in [6.45, 7) is 0.811. The molecule has 0 radical (unpaired) electrons. The molecule has 4 heteroatoms. The number of rotatable bonds is 0. The van der Waals surface area contributed by atoms with Gasteiger partial charge in [-0.15, -0.1) is 5.10 Å². The fraction of sp³-hybridized carbons (Fsp3) is 0.125. The molecule has 0 unspecified atom stereocenters. The second-order valence-corrected chi connectivity index (χ2v) is 2.74. The van der Waals surface area contributed by atoms with Crippen molar-refractivity contribution in [1.29, 1.82) is 0 Å². The summed E-state index contributed by atoms with van der Waals surface area (Å²) in [5.41, 5.74) is 1.07. The maximum Gasteiger partial charge on any atom is 0.166 e. The lowest BCUT2D eigenvalue weighted by Gasteiger charge is -2.05. The predicted octanol–water partition coefficient (Wildman–Crippen LogP) is 1.10. The number of hydrogen-bond donors (Lipinski definition) is 0. The normalized spacial score (nSPS) is 14.0. The van der Waals surface area contributed by atoms with Crippen molar-refractivity contribution in [2.24, 2.45) is 4.99 Å². The lowest BCUT2D eigenvalue weighted by molar-refractivity contribution is 0.862. The Morgan fingerprint density at radius 3 is 3.33 bits per heavy atom. The highest BCUT2D eigenvalue weighted by Crippen LogP contribution is 2.26. The van der Waals surface area contributed by atoms with E-state index in [0.29, 0.717) is 0 Å². The molecule has 0 saturated carbocycles. The standard InChI is InChI=1S/C8H6N4/c1-2-7-9-3-4-12(7)8-6(1)5-10-11-8/h1-3,5H,4H2. The van der Waals surface area contributed by atoms with Crippen LogP contribution >= 0.6 is 0 Å². The second-order valence-electron chi connectivity index (χ2n) is 2.74. The Hall–Kier alpha value is -1.71. The molecule has 58 valence electrons. The molecule has 0 N–H and O–H groups in total. The summed E-state index contributed by atoms with van der Waals surface area (Å²) < 4.78 is 2.04. The molecular weight excluding hydrogens is 152 g/mol. The van der Waals surface area contributed by atoms with Crippen molar-refractivity contribution in [3.63, 3.8) is 0 Å². The first-order valence-corrected chi connectivity index (χ1v) is 3.78. The van der Waals surface area contributed by atoms with Gasteiger partial charge in [-0.3, -0.25) is 0 Å². The minimum Gasteiger partial charge on any atom is -0.304 e. The summed E-state index contributed by atoms with van der Waals surface area (Å²) in [5, 5.41) is 7.88. The van der Waals surface area contributed by atoms with Gasteiger partial charge in [-0.1, -0.05) is 0 Å². The van der Waals surface area contributed by atoms with Crippen LogP contribution in [-0.4, -0.2) is 21.0 Å². The van der Waals surface area contributed by atoms with Crippen molar-refractivity contribution in [2.75, 3.05) is 0 Å². The van der Waals surface area contributed by atoms with Crippen molar-refractivity contribution >= 4 is 12.0 Å². The fourth-order valence-electron chi connectivity index (χ4n) is 1.46. The average Bonchev–Trinajstić information content (AvgIpc) is 2.71. The Kier molecular flexibility index (Phi) is 0.935. The van der Waals surface area contributed by atoms with E-state index in [-0.39, 0.29) is 0 Å². The maximum absolute atomic E-state index is 4.20. The number of nitrogens with zero attached hydrogens (tertiary/aromatic N) is 4. The minimum absolute atomic E-state index is 0.811. The average molecular weight is 158 g/mol. The molecule has 0 saturated heterocycles. The van der Waals surface area contributed by atoms with Gasteiger partial charge in [0.2, 0.25) is 0 Å². The van der Waals surface area contributed by atoms with Crippen molar-refractivity contribution in [3.05, 3.63) is 18.3 Å². The lowest BCUT2D eigenvalue weighted by Crippen LogP contribution is -1.99. The molecule has 4 nitrogen and oxygen atoms in total. The Balaban J connectivity index is 2.41. The maximum atomic E-state index is 4.20. The molecule has 0 atom stereocenters. The highest BCUT2D eigenvalue weighted by Gasteiger charge is 2.14. The van der Waals surface area contributed by atoms with Crippen molar-refractivity contribution in [3.8, 4) is 11.4 Å². The zero-order valence-corrected chi connectivity index (χ0v) is 6.31. The SMILES string of the molecule is C1=Nc2ccc3cnnc-3n2C1. The first-order valence-electron chi connectivity index (χ1n) is 3.78. The molecule has 3 heterocycles. The molecule has 3 rings (SSSR count). The monoisotopic (exact) mass is 158 g/mol. The van der Waals surface area contributed by atoms with Gasteiger partial charge in [0.1, 0.15) is 5.82 Å². The first kappa shape index (κ1) is 5.88. The zero-order valence-electron chi connectivity index (χ0n) is 6.31. The van der Waals surface area contributed by atoms with Crippen LogP contribution in [0.15, 0.2) is 23.3 Å². The van der Waals surface area contributed by atoms with Crippen LogP contribution in [-0.2, 0) is 6.54 Å². The zero-order chi connectivity index (χ0) is 7.97. The van der Waals surface area contributed by atoms with Gasteiger partial charge in [0.05, 0.1) is 12.7 Å². The molecule has 0 aromatic carbocycles. The van der Waals surface area contributed by atoms with E-state index in [1.165, 1.54) is 0 Å². The highest BCUT2D eigenvalue weighted by atomic mass is 15.2. The van der Waals surface area contributed by atoms with Crippen LogP contribution in [0.25, 0.3) is 11.4 Å². The Morgan fingerprint density at radius 2 is 2.33 bits per heavy atom. The van der Waals surface area contributed by atoms with E-state index in [9.17, 15) is 0 Å². The van der Waals surface area contributed by atoms with Crippen LogP contribution in [0.5, 0.6) is 0 Å². The molecule has 12 heavy (non-hydrogen) atoms. The summed E-state index contributed by atoms with van der Waals surface area (Å²) in [6, 6.07) is 3.97. The molecule has 0 amide bonds. The van der Waals surface area contributed by atoms with Crippen LogP contribution in [0, 0.1) is 0 Å². The molecule has 3 aliphatic rings. The van der Waals surface area contributed by atoms with Gasteiger partial charge in [-0.2, -0.15) is 5.10 Å². The van der Waals surface area contributed by atoms with E-state index < -0.39 is 0 Å². The number of hydrogen-bond acceptors (Lipinski definition) is 3. The molecule has 3 aliphatic heterocycles. The molecule has 0 aromatic heterocycles. The van der Waals surface area contributed by atoms with Gasteiger partial charge in [0.25, 0.3) is 0 Å². The minimum atomic E-state index is 0.811. The van der Waals surface area contributed by atoms with Gasteiger partial charge in [0.15, 0.2) is 5.82 Å². The summed E-state index contributed by atoms with van der Waals surface area (Å²) >= 11 is 0. The van der Waals surface area contributed by atoms with E-state index in [2.05, 4.69) is 15.2 Å². The summed E-state index contributed by atoms with van der Waals surface area (Å²) in [4.78, 5) is 4.20. The molecule has 0 fully saturated rings. The van der Waals surface area contributed by atoms with Gasteiger partial charge >= 0.3 is 0 Å². The van der Waals surface area contributed by atoms with Gasteiger partial charge in [-0.25, -0.2) is 4.99 Å². The third-order valence-electron chi connectivity index (χ3n) is 2.04. The molecule has 0 spiro atoms. The third kappa shape index (κ3) is 0.592. The second kappa shape index (κ2) is 1.91.